The van der Waals surface area contributed by atoms with Crippen LogP contribution in [-0.2, 0) is 4.74 Å². The lowest BCUT2D eigenvalue weighted by molar-refractivity contribution is 0.0679. The molecule has 0 spiro atoms. The van der Waals surface area contributed by atoms with Gasteiger partial charge < -0.3 is 25.8 Å². The average molecular weight is 383 g/mol. The Bertz CT molecular complexity index is 819. The maximum atomic E-state index is 12.7. The topological polar surface area (TPSA) is 103 Å². The van der Waals surface area contributed by atoms with Gasteiger partial charge in [0, 0.05) is 25.3 Å². The summed E-state index contributed by atoms with van der Waals surface area (Å²) in [7, 11) is 0. The van der Waals surface area contributed by atoms with E-state index >= 15 is 0 Å². The van der Waals surface area contributed by atoms with Crippen molar-refractivity contribution in [2.45, 2.75) is 18.9 Å². The first kappa shape index (κ1) is 19.9. The van der Waals surface area contributed by atoms with Crippen molar-refractivity contribution in [1.82, 2.24) is 5.32 Å². The van der Waals surface area contributed by atoms with E-state index in [1.807, 2.05) is 0 Å². The van der Waals surface area contributed by atoms with E-state index in [2.05, 4.69) is 10.6 Å². The monoisotopic (exact) mass is 383 g/mol. The normalized spacial score (nSPS) is 15.8. The number of hydrogen-bond acceptors (Lipinski definition) is 5. The number of nitrogens with one attached hydrogen (secondary N) is 2. The maximum Gasteiger partial charge on any atom is 0.255 e. The molecule has 1 atom stereocenters. The molecule has 0 aliphatic carbocycles. The van der Waals surface area contributed by atoms with Crippen molar-refractivity contribution in [3.8, 4) is 5.75 Å². The Hall–Kier alpha value is -2.90. The van der Waals surface area contributed by atoms with Crippen LogP contribution in [0.25, 0.3) is 0 Å². The summed E-state index contributed by atoms with van der Waals surface area (Å²) in [6, 6.07) is 13.8. The van der Waals surface area contributed by atoms with E-state index in [9.17, 15) is 9.59 Å². The summed E-state index contributed by atoms with van der Waals surface area (Å²) in [4.78, 5) is 24.9. The lowest BCUT2D eigenvalue weighted by Gasteiger charge is -2.13. The third-order valence-corrected chi connectivity index (χ3v) is 4.41. The number of para-hydroxylation sites is 1. The van der Waals surface area contributed by atoms with Gasteiger partial charge in [0.2, 0.25) is 0 Å². The average Bonchev–Trinajstić information content (AvgIpc) is 3.25. The van der Waals surface area contributed by atoms with Gasteiger partial charge >= 0.3 is 0 Å². The summed E-state index contributed by atoms with van der Waals surface area (Å²) in [6.45, 7) is 1.95. The first-order chi connectivity index (χ1) is 13.7. The van der Waals surface area contributed by atoms with E-state index in [0.29, 0.717) is 42.3 Å². The minimum Gasteiger partial charge on any atom is -0.491 e. The van der Waals surface area contributed by atoms with Crippen LogP contribution in [0.15, 0.2) is 48.5 Å². The number of nitrogens with two attached hydrogens (primary N) is 1. The Kier molecular flexibility index (Phi) is 7.00. The number of amides is 2. The van der Waals surface area contributed by atoms with E-state index in [1.165, 1.54) is 0 Å². The molecule has 1 unspecified atom stereocenters. The van der Waals surface area contributed by atoms with Crippen molar-refractivity contribution in [2.24, 2.45) is 5.73 Å². The Morgan fingerprint density at radius 2 is 2.00 bits per heavy atom. The van der Waals surface area contributed by atoms with E-state index in [-0.39, 0.29) is 17.9 Å². The number of carbonyl (C=O) groups is 2. The van der Waals surface area contributed by atoms with Crippen LogP contribution in [0, 0.1) is 0 Å². The standard InChI is InChI=1S/C21H25N3O4/c22-10-11-23-21(26)18-8-1-2-9-19(18)24-20(25)15-5-3-6-16(13-15)28-14-17-7-4-12-27-17/h1-3,5-6,8-9,13,17H,4,7,10-12,14,22H2,(H,23,26)(H,24,25). The summed E-state index contributed by atoms with van der Waals surface area (Å²) in [5.74, 6) is 0.00811. The summed E-state index contributed by atoms with van der Waals surface area (Å²) in [6.07, 6.45) is 2.15. The van der Waals surface area contributed by atoms with Gasteiger partial charge in [-0.05, 0) is 43.2 Å². The van der Waals surface area contributed by atoms with Crippen LogP contribution in [0.4, 0.5) is 5.69 Å². The molecule has 0 aromatic heterocycles. The van der Waals surface area contributed by atoms with Gasteiger partial charge in [-0.3, -0.25) is 9.59 Å². The molecular weight excluding hydrogens is 358 g/mol. The van der Waals surface area contributed by atoms with Gasteiger partial charge in [0.25, 0.3) is 11.8 Å². The maximum absolute atomic E-state index is 12.7. The number of rotatable bonds is 8. The molecule has 1 aliphatic heterocycles. The van der Waals surface area contributed by atoms with Gasteiger partial charge in [-0.1, -0.05) is 18.2 Å². The summed E-state index contributed by atoms with van der Waals surface area (Å²) < 4.78 is 11.3. The van der Waals surface area contributed by atoms with Crippen molar-refractivity contribution in [3.05, 3.63) is 59.7 Å². The van der Waals surface area contributed by atoms with Crippen molar-refractivity contribution >= 4 is 17.5 Å². The summed E-state index contributed by atoms with van der Waals surface area (Å²) in [5.41, 5.74) is 6.69. The number of benzene rings is 2. The zero-order valence-electron chi connectivity index (χ0n) is 15.6. The molecule has 7 heteroatoms. The fraction of sp³-hybridized carbons (Fsp3) is 0.333. The van der Waals surface area contributed by atoms with Crippen LogP contribution in [0.5, 0.6) is 5.75 Å². The second kappa shape index (κ2) is 9.87. The lowest BCUT2D eigenvalue weighted by atomic mass is 10.1. The number of ether oxygens (including phenoxy) is 2. The van der Waals surface area contributed by atoms with E-state index in [0.717, 1.165) is 19.4 Å². The molecular formula is C21H25N3O4. The highest BCUT2D eigenvalue weighted by Gasteiger charge is 2.17. The predicted octanol–water partition coefficient (Wildman–Crippen LogP) is 2.19. The van der Waals surface area contributed by atoms with Crippen LogP contribution in [0.3, 0.4) is 0 Å². The molecule has 148 valence electrons. The highest BCUT2D eigenvalue weighted by Crippen LogP contribution is 2.20. The predicted molar refractivity (Wildman–Crippen MR) is 107 cm³/mol. The molecule has 7 nitrogen and oxygen atoms in total. The highest BCUT2D eigenvalue weighted by atomic mass is 16.5. The SMILES string of the molecule is NCCNC(=O)c1ccccc1NC(=O)c1cccc(OCC2CCCO2)c1. The largest absolute Gasteiger partial charge is 0.491 e. The van der Waals surface area contributed by atoms with Crippen molar-refractivity contribution in [1.29, 1.82) is 0 Å². The molecule has 0 radical (unpaired) electrons. The van der Waals surface area contributed by atoms with Gasteiger partial charge in [-0.2, -0.15) is 0 Å². The van der Waals surface area contributed by atoms with Gasteiger partial charge in [0.1, 0.15) is 12.4 Å². The van der Waals surface area contributed by atoms with Crippen LogP contribution < -0.4 is 21.1 Å². The highest BCUT2D eigenvalue weighted by molar-refractivity contribution is 6.09. The molecule has 1 fully saturated rings. The van der Waals surface area contributed by atoms with Crippen molar-refractivity contribution in [2.75, 3.05) is 31.6 Å². The quantitative estimate of drug-likeness (QED) is 0.648. The van der Waals surface area contributed by atoms with Crippen molar-refractivity contribution < 1.29 is 19.1 Å². The second-order valence-corrected chi connectivity index (χ2v) is 6.52. The Morgan fingerprint density at radius 1 is 1.14 bits per heavy atom. The first-order valence-electron chi connectivity index (χ1n) is 9.40. The van der Waals surface area contributed by atoms with Gasteiger partial charge in [-0.15, -0.1) is 0 Å². The molecule has 0 saturated carbocycles. The molecule has 4 N–H and O–H groups in total. The van der Waals surface area contributed by atoms with Gasteiger partial charge in [-0.25, -0.2) is 0 Å². The Labute approximate surface area is 164 Å². The molecule has 28 heavy (non-hydrogen) atoms. The zero-order valence-corrected chi connectivity index (χ0v) is 15.6. The van der Waals surface area contributed by atoms with Gasteiger partial charge in [0.15, 0.2) is 0 Å². The van der Waals surface area contributed by atoms with Crippen LogP contribution in [0.1, 0.15) is 33.6 Å². The van der Waals surface area contributed by atoms with Crippen LogP contribution >= 0.6 is 0 Å². The molecule has 3 rings (SSSR count). The molecule has 1 saturated heterocycles. The summed E-state index contributed by atoms with van der Waals surface area (Å²) in [5, 5.41) is 5.50. The minimum atomic E-state index is -0.318. The van der Waals surface area contributed by atoms with E-state index in [4.69, 9.17) is 15.2 Å². The first-order valence-corrected chi connectivity index (χ1v) is 9.40. The Balaban J connectivity index is 1.66. The van der Waals surface area contributed by atoms with Gasteiger partial charge in [0.05, 0.1) is 17.4 Å². The van der Waals surface area contributed by atoms with Crippen LogP contribution in [-0.4, -0.2) is 44.2 Å². The zero-order chi connectivity index (χ0) is 19.8. The molecule has 2 amide bonds. The number of carbonyl (C=O) groups excluding carboxylic acids is 2. The molecule has 1 heterocycles. The molecule has 1 aliphatic rings. The Morgan fingerprint density at radius 3 is 2.79 bits per heavy atom. The fourth-order valence-corrected chi connectivity index (χ4v) is 2.96. The molecule has 2 aromatic rings. The van der Waals surface area contributed by atoms with Crippen LogP contribution in [0.2, 0.25) is 0 Å². The minimum absolute atomic E-state index is 0.108. The molecule has 0 bridgehead atoms. The fourth-order valence-electron chi connectivity index (χ4n) is 2.96. The lowest BCUT2D eigenvalue weighted by Crippen LogP contribution is -2.30. The summed E-state index contributed by atoms with van der Waals surface area (Å²) >= 11 is 0. The molecule has 2 aromatic carbocycles. The number of anilines is 1. The second-order valence-electron chi connectivity index (χ2n) is 6.52. The smallest absolute Gasteiger partial charge is 0.255 e. The van der Waals surface area contributed by atoms with E-state index in [1.54, 1.807) is 48.5 Å². The third-order valence-electron chi connectivity index (χ3n) is 4.41. The van der Waals surface area contributed by atoms with E-state index < -0.39 is 0 Å². The number of hydrogen-bond donors (Lipinski definition) is 3. The third kappa shape index (κ3) is 5.31. The van der Waals surface area contributed by atoms with Crippen molar-refractivity contribution in [3.63, 3.8) is 0 Å².